The second-order valence-corrected chi connectivity index (χ2v) is 8.35. The summed E-state index contributed by atoms with van der Waals surface area (Å²) in [5, 5.41) is -0.318. The van der Waals surface area contributed by atoms with Crippen molar-refractivity contribution in [3.8, 4) is 0 Å². The normalized spacial score (nSPS) is 13.3. The predicted molar refractivity (Wildman–Crippen MR) is 74.5 cm³/mol. The Morgan fingerprint density at radius 3 is 1.41 bits per heavy atom. The Kier molecular flexibility index (Phi) is 7.33. The Bertz CT molecular complexity index is 283. The first-order valence-electron chi connectivity index (χ1n) is 6.66. The molecule has 0 heterocycles. The minimum absolute atomic E-state index is 0.318. The molecular formula is C13H29NO2S. The molecule has 4 heteroatoms. The number of hydrogen-bond donors (Lipinski definition) is 0. The fraction of sp³-hybridized carbons (Fsp3) is 1.00. The smallest absolute Gasteiger partial charge is 0.212 e. The van der Waals surface area contributed by atoms with Gasteiger partial charge >= 0.3 is 0 Å². The molecule has 0 fully saturated rings. The molecule has 3 nitrogen and oxygen atoms in total. The van der Waals surface area contributed by atoms with Gasteiger partial charge in [0.25, 0.3) is 0 Å². The van der Waals surface area contributed by atoms with Crippen LogP contribution in [0.25, 0.3) is 0 Å². The molecule has 17 heavy (non-hydrogen) atoms. The lowest BCUT2D eigenvalue weighted by atomic mass is 10.1. The molecule has 0 aliphatic rings. The molecular weight excluding hydrogens is 234 g/mol. The van der Waals surface area contributed by atoms with Gasteiger partial charge in [-0.05, 0) is 38.5 Å². The van der Waals surface area contributed by atoms with Gasteiger partial charge in [0.1, 0.15) is 0 Å². The van der Waals surface area contributed by atoms with Crippen LogP contribution in [0.4, 0.5) is 0 Å². The third kappa shape index (κ3) is 6.41. The molecule has 0 atom stereocenters. The van der Waals surface area contributed by atoms with Crippen LogP contribution in [0.15, 0.2) is 0 Å². The van der Waals surface area contributed by atoms with E-state index in [-0.39, 0.29) is 5.25 Å². The molecule has 0 bridgehead atoms. The van der Waals surface area contributed by atoms with E-state index in [9.17, 15) is 8.42 Å². The van der Waals surface area contributed by atoms with Gasteiger partial charge in [0.2, 0.25) is 10.0 Å². The summed E-state index contributed by atoms with van der Waals surface area (Å²) in [4.78, 5) is 0. The highest BCUT2D eigenvalue weighted by Crippen LogP contribution is 2.14. The van der Waals surface area contributed by atoms with E-state index >= 15 is 0 Å². The van der Waals surface area contributed by atoms with E-state index in [1.807, 2.05) is 0 Å². The summed E-state index contributed by atoms with van der Waals surface area (Å²) in [6.07, 6.45) is 1.87. The van der Waals surface area contributed by atoms with E-state index in [1.165, 1.54) is 0 Å². The monoisotopic (exact) mass is 263 g/mol. The van der Waals surface area contributed by atoms with Crippen LogP contribution < -0.4 is 0 Å². The van der Waals surface area contributed by atoms with Crippen molar-refractivity contribution in [1.82, 2.24) is 4.31 Å². The van der Waals surface area contributed by atoms with E-state index in [1.54, 1.807) is 18.2 Å². The van der Waals surface area contributed by atoms with Crippen LogP contribution >= 0.6 is 0 Å². The van der Waals surface area contributed by atoms with Crippen molar-refractivity contribution in [3.05, 3.63) is 0 Å². The highest BCUT2D eigenvalue weighted by atomic mass is 32.2. The van der Waals surface area contributed by atoms with Crippen LogP contribution in [0, 0.1) is 11.8 Å². The van der Waals surface area contributed by atoms with Gasteiger partial charge in [-0.1, -0.05) is 27.7 Å². The summed E-state index contributed by atoms with van der Waals surface area (Å²) in [5.74, 6) is 1.08. The molecule has 104 valence electrons. The number of hydrogen-bond acceptors (Lipinski definition) is 2. The van der Waals surface area contributed by atoms with Gasteiger partial charge in [-0.2, -0.15) is 0 Å². The molecule has 0 aromatic heterocycles. The Morgan fingerprint density at radius 1 is 0.824 bits per heavy atom. The molecule has 0 aromatic rings. The molecule has 0 saturated heterocycles. The summed E-state index contributed by atoms with van der Waals surface area (Å²) >= 11 is 0. The van der Waals surface area contributed by atoms with E-state index in [0.717, 1.165) is 12.8 Å². The maximum atomic E-state index is 12.2. The zero-order valence-electron chi connectivity index (χ0n) is 12.2. The number of nitrogens with zero attached hydrogens (tertiary/aromatic N) is 1. The van der Waals surface area contributed by atoms with Crippen LogP contribution in [0.2, 0.25) is 0 Å². The molecule has 0 N–H and O–H groups in total. The summed E-state index contributed by atoms with van der Waals surface area (Å²) in [5.41, 5.74) is 0. The van der Waals surface area contributed by atoms with E-state index in [4.69, 9.17) is 0 Å². The van der Waals surface area contributed by atoms with Crippen molar-refractivity contribution in [2.24, 2.45) is 11.8 Å². The quantitative estimate of drug-likeness (QED) is 0.675. The van der Waals surface area contributed by atoms with Crippen molar-refractivity contribution in [3.63, 3.8) is 0 Å². The zero-order chi connectivity index (χ0) is 13.6. The van der Waals surface area contributed by atoms with Crippen LogP contribution in [0.3, 0.4) is 0 Å². The molecule has 0 radical (unpaired) electrons. The van der Waals surface area contributed by atoms with E-state index in [2.05, 4.69) is 27.7 Å². The van der Waals surface area contributed by atoms with Crippen molar-refractivity contribution < 1.29 is 8.42 Å². The molecule has 0 aliphatic heterocycles. The van der Waals surface area contributed by atoms with Gasteiger partial charge in [0.05, 0.1) is 5.25 Å². The van der Waals surface area contributed by atoms with Gasteiger partial charge in [0.15, 0.2) is 0 Å². The third-order valence-corrected chi connectivity index (χ3v) is 5.14. The molecule has 0 aromatic carbocycles. The van der Waals surface area contributed by atoms with Crippen LogP contribution in [-0.2, 0) is 10.0 Å². The summed E-state index contributed by atoms with van der Waals surface area (Å²) in [6.45, 7) is 13.3. The largest absolute Gasteiger partial charge is 0.216 e. The van der Waals surface area contributed by atoms with Gasteiger partial charge in [-0.15, -0.1) is 0 Å². The molecule has 0 amide bonds. The second-order valence-electron chi connectivity index (χ2n) is 5.86. The Hall–Kier alpha value is -0.0900. The first-order chi connectivity index (χ1) is 7.67. The Morgan fingerprint density at radius 2 is 1.18 bits per heavy atom. The maximum Gasteiger partial charge on any atom is 0.216 e. The lowest BCUT2D eigenvalue weighted by molar-refractivity contribution is 0.354. The minimum Gasteiger partial charge on any atom is -0.212 e. The van der Waals surface area contributed by atoms with Gasteiger partial charge < -0.3 is 0 Å². The highest BCUT2D eigenvalue weighted by Gasteiger charge is 2.25. The summed E-state index contributed by atoms with van der Waals surface area (Å²) < 4.78 is 26.0. The SMILES string of the molecule is CC(C)CCN(CCC(C)C)S(=O)(=O)C(C)C. The Labute approximate surface area is 108 Å². The number of rotatable bonds is 8. The van der Waals surface area contributed by atoms with Crippen LogP contribution in [-0.4, -0.2) is 31.1 Å². The van der Waals surface area contributed by atoms with Crippen molar-refractivity contribution in [2.45, 2.75) is 59.6 Å². The summed E-state index contributed by atoms with van der Waals surface area (Å²) in [7, 11) is -3.10. The van der Waals surface area contributed by atoms with Gasteiger partial charge in [-0.3, -0.25) is 0 Å². The van der Waals surface area contributed by atoms with Gasteiger partial charge in [0, 0.05) is 13.1 Å². The van der Waals surface area contributed by atoms with E-state index < -0.39 is 10.0 Å². The third-order valence-electron chi connectivity index (χ3n) is 2.87. The maximum absolute atomic E-state index is 12.2. The van der Waals surface area contributed by atoms with Crippen molar-refractivity contribution >= 4 is 10.0 Å². The van der Waals surface area contributed by atoms with Crippen LogP contribution in [0.5, 0.6) is 0 Å². The number of sulfonamides is 1. The predicted octanol–water partition coefficient (Wildman–Crippen LogP) is 3.12. The first-order valence-corrected chi connectivity index (χ1v) is 8.17. The zero-order valence-corrected chi connectivity index (χ0v) is 13.0. The molecule has 0 rings (SSSR count). The fourth-order valence-electron chi connectivity index (χ4n) is 1.47. The lowest BCUT2D eigenvalue weighted by Gasteiger charge is -2.25. The van der Waals surface area contributed by atoms with Crippen LogP contribution in [0.1, 0.15) is 54.4 Å². The molecule has 0 unspecified atom stereocenters. The van der Waals surface area contributed by atoms with Gasteiger partial charge in [-0.25, -0.2) is 12.7 Å². The van der Waals surface area contributed by atoms with Crippen molar-refractivity contribution in [1.29, 1.82) is 0 Å². The highest BCUT2D eigenvalue weighted by molar-refractivity contribution is 7.89. The average molecular weight is 263 g/mol. The minimum atomic E-state index is -3.10. The molecule has 0 spiro atoms. The summed E-state index contributed by atoms with van der Waals surface area (Å²) in [6, 6.07) is 0. The topological polar surface area (TPSA) is 37.4 Å². The first kappa shape index (κ1) is 16.9. The Balaban J connectivity index is 4.61. The average Bonchev–Trinajstić information content (AvgIpc) is 2.15. The lowest BCUT2D eigenvalue weighted by Crippen LogP contribution is -2.38. The van der Waals surface area contributed by atoms with E-state index in [0.29, 0.717) is 24.9 Å². The standard InChI is InChI=1S/C13H29NO2S/c1-11(2)7-9-14(10-8-12(3)4)17(15,16)13(5)6/h11-13H,7-10H2,1-6H3. The van der Waals surface area contributed by atoms with Crippen molar-refractivity contribution in [2.75, 3.05) is 13.1 Å². The second kappa shape index (κ2) is 7.37. The molecule has 0 aliphatic carbocycles. The molecule has 0 saturated carbocycles. The fourth-order valence-corrected chi connectivity index (χ4v) is 2.78.